The highest BCUT2D eigenvalue weighted by molar-refractivity contribution is 9.10. The predicted octanol–water partition coefficient (Wildman–Crippen LogP) is 1.96. The average Bonchev–Trinajstić information content (AvgIpc) is 2.02. The van der Waals surface area contributed by atoms with E-state index in [2.05, 4.69) is 15.9 Å². The second-order valence-corrected chi connectivity index (χ2v) is 3.22. The van der Waals surface area contributed by atoms with E-state index in [4.69, 9.17) is 5.73 Å². The maximum Gasteiger partial charge on any atom is 0.318 e. The topological polar surface area (TPSA) is 69.2 Å². The van der Waals surface area contributed by atoms with Crippen molar-refractivity contribution in [3.8, 4) is 0 Å². The molecule has 13 heavy (non-hydrogen) atoms. The zero-order valence-corrected chi connectivity index (χ0v) is 8.04. The van der Waals surface area contributed by atoms with Gasteiger partial charge in [0.05, 0.1) is 9.40 Å². The highest BCUT2D eigenvalue weighted by Gasteiger charge is 2.19. The number of halogens is 2. The second-order valence-electron chi connectivity index (χ2n) is 2.37. The Morgan fingerprint density at radius 3 is 2.62 bits per heavy atom. The predicted molar refractivity (Wildman–Crippen MR) is 48.6 cm³/mol. The van der Waals surface area contributed by atoms with E-state index in [9.17, 15) is 14.5 Å². The van der Waals surface area contributed by atoms with Gasteiger partial charge in [-0.1, -0.05) is 0 Å². The van der Waals surface area contributed by atoms with Gasteiger partial charge in [-0.2, -0.15) is 4.39 Å². The molecule has 0 spiro atoms. The summed E-state index contributed by atoms with van der Waals surface area (Å²) in [5.41, 5.74) is 5.21. The van der Waals surface area contributed by atoms with Crippen LogP contribution in [0.4, 0.5) is 10.1 Å². The molecule has 4 nitrogen and oxygen atoms in total. The van der Waals surface area contributed by atoms with E-state index in [1.807, 2.05) is 0 Å². The maximum atomic E-state index is 13.0. The summed E-state index contributed by atoms with van der Waals surface area (Å²) < 4.78 is 13.1. The van der Waals surface area contributed by atoms with Crippen molar-refractivity contribution in [1.82, 2.24) is 0 Å². The third-order valence-electron chi connectivity index (χ3n) is 1.49. The Hall–Kier alpha value is -1.01. The van der Waals surface area contributed by atoms with E-state index in [0.29, 0.717) is 5.56 Å². The molecule has 70 valence electrons. The molecule has 0 aliphatic carbocycles. The standard InChI is InChI=1S/C7H6BrFN2O2/c8-5-1-4(3-10)2-6(9)7(5)11(12)13/h1-2H,3,10H2. The Balaban J connectivity index is 3.31. The molecule has 0 aliphatic rings. The summed E-state index contributed by atoms with van der Waals surface area (Å²) in [4.78, 5) is 9.57. The Bertz CT molecular complexity index is 333. The lowest BCUT2D eigenvalue weighted by atomic mass is 10.2. The minimum Gasteiger partial charge on any atom is -0.326 e. The SMILES string of the molecule is NCc1cc(F)c([N+](=O)[O-])c(Br)c1. The molecule has 0 amide bonds. The number of nitrogens with two attached hydrogens (primary N) is 1. The van der Waals surface area contributed by atoms with Gasteiger partial charge in [-0.05, 0) is 33.6 Å². The molecule has 0 heterocycles. The molecule has 0 radical (unpaired) electrons. The summed E-state index contributed by atoms with van der Waals surface area (Å²) in [6.07, 6.45) is 0. The van der Waals surface area contributed by atoms with Gasteiger partial charge in [0.2, 0.25) is 5.82 Å². The Kier molecular flexibility index (Phi) is 2.94. The van der Waals surface area contributed by atoms with Crippen LogP contribution in [0.3, 0.4) is 0 Å². The maximum absolute atomic E-state index is 13.0. The summed E-state index contributed by atoms with van der Waals surface area (Å²) in [7, 11) is 0. The van der Waals surface area contributed by atoms with Crippen LogP contribution in [0, 0.1) is 15.9 Å². The zero-order chi connectivity index (χ0) is 10.0. The van der Waals surface area contributed by atoms with Crippen molar-refractivity contribution in [2.75, 3.05) is 0 Å². The van der Waals surface area contributed by atoms with Crippen molar-refractivity contribution >= 4 is 21.6 Å². The molecule has 2 N–H and O–H groups in total. The van der Waals surface area contributed by atoms with Crippen LogP contribution in [0.2, 0.25) is 0 Å². The third-order valence-corrected chi connectivity index (χ3v) is 2.10. The van der Waals surface area contributed by atoms with E-state index in [1.54, 1.807) is 0 Å². The molecule has 0 aliphatic heterocycles. The molecular weight excluding hydrogens is 243 g/mol. The molecule has 0 saturated carbocycles. The van der Waals surface area contributed by atoms with E-state index < -0.39 is 16.4 Å². The quantitative estimate of drug-likeness (QED) is 0.643. The van der Waals surface area contributed by atoms with Crippen molar-refractivity contribution in [1.29, 1.82) is 0 Å². The van der Waals surface area contributed by atoms with Gasteiger partial charge in [0.15, 0.2) is 0 Å². The van der Waals surface area contributed by atoms with Crippen LogP contribution < -0.4 is 5.73 Å². The second kappa shape index (κ2) is 3.80. The van der Waals surface area contributed by atoms with Crippen LogP contribution in [-0.4, -0.2) is 4.92 Å². The fourth-order valence-corrected chi connectivity index (χ4v) is 1.54. The van der Waals surface area contributed by atoms with E-state index in [1.165, 1.54) is 6.07 Å². The Labute approximate surface area is 81.8 Å². The van der Waals surface area contributed by atoms with E-state index in [-0.39, 0.29) is 11.0 Å². The van der Waals surface area contributed by atoms with Gasteiger partial charge in [-0.25, -0.2) is 0 Å². The first-order valence-electron chi connectivity index (χ1n) is 3.38. The van der Waals surface area contributed by atoms with Crippen molar-refractivity contribution < 1.29 is 9.31 Å². The van der Waals surface area contributed by atoms with Gasteiger partial charge in [-0.15, -0.1) is 0 Å². The van der Waals surface area contributed by atoms with Gasteiger partial charge < -0.3 is 5.73 Å². The number of rotatable bonds is 2. The molecular formula is C7H6BrFN2O2. The van der Waals surface area contributed by atoms with Crippen LogP contribution in [0.25, 0.3) is 0 Å². The summed E-state index contributed by atoms with van der Waals surface area (Å²) in [6, 6.07) is 2.49. The van der Waals surface area contributed by atoms with Gasteiger partial charge >= 0.3 is 5.69 Å². The summed E-state index contributed by atoms with van der Waals surface area (Å²) in [6.45, 7) is 0.146. The molecule has 0 unspecified atom stereocenters. The monoisotopic (exact) mass is 248 g/mol. The molecule has 0 atom stereocenters. The Morgan fingerprint density at radius 1 is 1.62 bits per heavy atom. The smallest absolute Gasteiger partial charge is 0.318 e. The fourth-order valence-electron chi connectivity index (χ4n) is 0.910. The first kappa shape index (κ1) is 10.1. The number of hydrogen-bond donors (Lipinski definition) is 1. The normalized spacial score (nSPS) is 10.1. The van der Waals surface area contributed by atoms with Crippen molar-refractivity contribution in [2.24, 2.45) is 5.73 Å². The lowest BCUT2D eigenvalue weighted by Crippen LogP contribution is -2.00. The number of nitro benzene ring substituents is 1. The van der Waals surface area contributed by atoms with Gasteiger partial charge in [0.25, 0.3) is 0 Å². The molecule has 1 aromatic carbocycles. The van der Waals surface area contributed by atoms with Crippen molar-refractivity contribution in [3.63, 3.8) is 0 Å². The third kappa shape index (κ3) is 2.02. The average molecular weight is 249 g/mol. The van der Waals surface area contributed by atoms with Crippen molar-refractivity contribution in [3.05, 3.63) is 38.1 Å². The zero-order valence-electron chi connectivity index (χ0n) is 6.46. The number of benzene rings is 1. The highest BCUT2D eigenvalue weighted by Crippen LogP contribution is 2.28. The van der Waals surface area contributed by atoms with Gasteiger partial charge in [-0.3, -0.25) is 10.1 Å². The van der Waals surface area contributed by atoms with Gasteiger partial charge in [0, 0.05) is 6.54 Å². The fraction of sp³-hybridized carbons (Fsp3) is 0.143. The molecule has 0 fully saturated rings. The summed E-state index contributed by atoms with van der Waals surface area (Å²) >= 11 is 2.90. The number of nitrogens with zero attached hydrogens (tertiary/aromatic N) is 1. The highest BCUT2D eigenvalue weighted by atomic mass is 79.9. The number of hydrogen-bond acceptors (Lipinski definition) is 3. The van der Waals surface area contributed by atoms with Crippen LogP contribution in [0.1, 0.15) is 5.56 Å². The van der Waals surface area contributed by atoms with E-state index in [0.717, 1.165) is 6.07 Å². The lowest BCUT2D eigenvalue weighted by Gasteiger charge is -2.00. The van der Waals surface area contributed by atoms with E-state index >= 15 is 0 Å². The molecule has 1 aromatic rings. The first-order chi connectivity index (χ1) is 6.06. The number of nitro groups is 1. The molecule has 0 aromatic heterocycles. The van der Waals surface area contributed by atoms with Crippen LogP contribution in [0.15, 0.2) is 16.6 Å². The lowest BCUT2D eigenvalue weighted by molar-refractivity contribution is -0.388. The largest absolute Gasteiger partial charge is 0.326 e. The van der Waals surface area contributed by atoms with Gasteiger partial charge in [0.1, 0.15) is 0 Å². The minimum atomic E-state index is -0.875. The summed E-state index contributed by atoms with van der Waals surface area (Å²) in [5.74, 6) is -0.875. The first-order valence-corrected chi connectivity index (χ1v) is 4.18. The molecule has 0 saturated heterocycles. The Morgan fingerprint density at radius 2 is 2.23 bits per heavy atom. The minimum absolute atomic E-state index is 0.109. The van der Waals surface area contributed by atoms with Crippen LogP contribution in [-0.2, 0) is 6.54 Å². The molecule has 0 bridgehead atoms. The van der Waals surface area contributed by atoms with Crippen LogP contribution in [0.5, 0.6) is 0 Å². The van der Waals surface area contributed by atoms with Crippen LogP contribution >= 0.6 is 15.9 Å². The molecule has 1 rings (SSSR count). The summed E-state index contributed by atoms with van der Waals surface area (Å²) in [5, 5.41) is 10.3. The van der Waals surface area contributed by atoms with Crippen molar-refractivity contribution in [2.45, 2.75) is 6.54 Å². The molecule has 6 heteroatoms.